The minimum absolute atomic E-state index is 0.0192. The van der Waals surface area contributed by atoms with E-state index in [4.69, 9.17) is 14.8 Å². The summed E-state index contributed by atoms with van der Waals surface area (Å²) in [5.74, 6) is 2.50. The van der Waals surface area contributed by atoms with Crippen LogP contribution in [0.3, 0.4) is 0 Å². The van der Waals surface area contributed by atoms with Gasteiger partial charge in [0, 0.05) is 49.2 Å². The molecule has 0 N–H and O–H groups in total. The number of ether oxygens (including phenoxy) is 1. The zero-order valence-corrected chi connectivity index (χ0v) is 21.4. The van der Waals surface area contributed by atoms with Crippen molar-refractivity contribution in [3.05, 3.63) is 59.4 Å². The standard InChI is InChI=1S/C27H34N6O2/c1-17(2)30-13-14-31(27(30)34)24-11-12-32(29-24)25-16-21-8-7-20(6)28-26(21)33(25)23-10-9-22(15-19(23)5)35-18(3)4/h7-12,15,17-18,25H,13-14,16H2,1-6H3. The number of rotatable bonds is 6. The highest BCUT2D eigenvalue weighted by Crippen LogP contribution is 2.44. The third-order valence-corrected chi connectivity index (χ3v) is 6.66. The fourth-order valence-corrected chi connectivity index (χ4v) is 4.98. The second-order valence-corrected chi connectivity index (χ2v) is 9.98. The average molecular weight is 475 g/mol. The van der Waals surface area contributed by atoms with E-state index in [-0.39, 0.29) is 24.3 Å². The minimum Gasteiger partial charge on any atom is -0.491 e. The highest BCUT2D eigenvalue weighted by atomic mass is 16.5. The number of aromatic nitrogens is 3. The summed E-state index contributed by atoms with van der Waals surface area (Å²) in [6.45, 7) is 13.6. The third-order valence-electron chi connectivity index (χ3n) is 6.66. The summed E-state index contributed by atoms with van der Waals surface area (Å²) >= 11 is 0. The Morgan fingerprint density at radius 3 is 2.51 bits per heavy atom. The lowest BCUT2D eigenvalue weighted by Gasteiger charge is -2.29. The number of anilines is 3. The molecule has 1 unspecified atom stereocenters. The summed E-state index contributed by atoms with van der Waals surface area (Å²) in [7, 11) is 0. The second kappa shape index (κ2) is 8.91. The topological polar surface area (TPSA) is 66.7 Å². The number of benzene rings is 1. The Morgan fingerprint density at radius 2 is 1.83 bits per heavy atom. The van der Waals surface area contributed by atoms with E-state index in [1.54, 1.807) is 4.90 Å². The van der Waals surface area contributed by atoms with Crippen LogP contribution in [0.25, 0.3) is 0 Å². The lowest BCUT2D eigenvalue weighted by Crippen LogP contribution is -2.36. The van der Waals surface area contributed by atoms with Gasteiger partial charge in [-0.2, -0.15) is 5.10 Å². The maximum atomic E-state index is 12.9. The van der Waals surface area contributed by atoms with Crippen LogP contribution >= 0.6 is 0 Å². The smallest absolute Gasteiger partial charge is 0.326 e. The zero-order valence-electron chi connectivity index (χ0n) is 21.4. The van der Waals surface area contributed by atoms with Crippen molar-refractivity contribution in [3.63, 3.8) is 0 Å². The molecule has 4 heterocycles. The summed E-state index contributed by atoms with van der Waals surface area (Å²) in [5, 5.41) is 4.89. The molecular weight excluding hydrogens is 440 g/mol. The molecule has 0 radical (unpaired) electrons. The Kier molecular flexibility index (Phi) is 5.91. The molecule has 2 aliphatic rings. The summed E-state index contributed by atoms with van der Waals surface area (Å²) in [5.41, 5.74) is 4.34. The molecule has 8 nitrogen and oxygen atoms in total. The van der Waals surface area contributed by atoms with Gasteiger partial charge in [0.2, 0.25) is 0 Å². The molecule has 1 aromatic carbocycles. The van der Waals surface area contributed by atoms with E-state index in [2.05, 4.69) is 36.1 Å². The summed E-state index contributed by atoms with van der Waals surface area (Å²) in [6.07, 6.45) is 2.79. The van der Waals surface area contributed by atoms with Gasteiger partial charge in [0.15, 0.2) is 5.82 Å². The van der Waals surface area contributed by atoms with Gasteiger partial charge in [0.05, 0.1) is 6.10 Å². The Balaban J connectivity index is 1.50. The van der Waals surface area contributed by atoms with Crippen molar-refractivity contribution in [3.8, 4) is 5.75 Å². The number of hydrogen-bond donors (Lipinski definition) is 0. The van der Waals surface area contributed by atoms with Crippen LogP contribution in [0.2, 0.25) is 0 Å². The van der Waals surface area contributed by atoms with Crippen molar-refractivity contribution in [2.75, 3.05) is 22.9 Å². The van der Waals surface area contributed by atoms with Crippen molar-refractivity contribution in [2.45, 2.75) is 66.3 Å². The van der Waals surface area contributed by atoms with Crippen molar-refractivity contribution >= 4 is 23.4 Å². The van der Waals surface area contributed by atoms with Gasteiger partial charge < -0.3 is 14.5 Å². The van der Waals surface area contributed by atoms with Crippen LogP contribution in [0.4, 0.5) is 22.1 Å². The maximum Gasteiger partial charge on any atom is 0.326 e. The van der Waals surface area contributed by atoms with Gasteiger partial charge in [-0.05, 0) is 76.9 Å². The molecule has 3 aromatic rings. The largest absolute Gasteiger partial charge is 0.491 e. The quantitative estimate of drug-likeness (QED) is 0.490. The fourth-order valence-electron chi connectivity index (χ4n) is 4.98. The van der Waals surface area contributed by atoms with Gasteiger partial charge in [-0.1, -0.05) is 6.07 Å². The van der Waals surface area contributed by atoms with E-state index in [1.165, 1.54) is 5.56 Å². The Hall–Kier alpha value is -3.55. The minimum atomic E-state index is -0.0810. The first-order valence-electron chi connectivity index (χ1n) is 12.4. The van der Waals surface area contributed by atoms with Gasteiger partial charge in [-0.3, -0.25) is 4.90 Å². The molecule has 1 atom stereocenters. The first kappa shape index (κ1) is 23.2. The highest BCUT2D eigenvalue weighted by molar-refractivity contribution is 5.93. The molecule has 1 saturated heterocycles. The molecule has 184 valence electrons. The maximum absolute atomic E-state index is 12.9. The SMILES string of the molecule is Cc1ccc2c(n1)N(c1ccc(OC(C)C)cc1C)C(n1ccc(N3CCN(C(C)C)C3=O)n1)C2. The number of carbonyl (C=O) groups is 1. The van der Waals surface area contributed by atoms with Crippen molar-refractivity contribution in [1.82, 2.24) is 19.7 Å². The number of urea groups is 1. The van der Waals surface area contributed by atoms with Crippen LogP contribution in [-0.2, 0) is 6.42 Å². The summed E-state index contributed by atoms with van der Waals surface area (Å²) in [4.78, 5) is 23.7. The van der Waals surface area contributed by atoms with Gasteiger partial charge >= 0.3 is 6.03 Å². The zero-order chi connectivity index (χ0) is 24.9. The van der Waals surface area contributed by atoms with Crippen LogP contribution in [-0.4, -0.2) is 50.9 Å². The Labute approximate surface area is 207 Å². The molecule has 2 aliphatic heterocycles. The molecule has 8 heteroatoms. The number of hydrogen-bond acceptors (Lipinski definition) is 5. The van der Waals surface area contributed by atoms with E-state index in [9.17, 15) is 4.79 Å². The van der Waals surface area contributed by atoms with E-state index >= 15 is 0 Å². The Bertz CT molecular complexity index is 1250. The molecule has 5 rings (SSSR count). The number of pyridine rings is 1. The van der Waals surface area contributed by atoms with Crippen LogP contribution in [0.1, 0.15) is 50.7 Å². The molecular formula is C27H34N6O2. The van der Waals surface area contributed by atoms with Crippen molar-refractivity contribution in [2.24, 2.45) is 0 Å². The third kappa shape index (κ3) is 4.22. The van der Waals surface area contributed by atoms with E-state index in [0.717, 1.165) is 41.5 Å². The number of fused-ring (bicyclic) bond motifs is 1. The predicted octanol–water partition coefficient (Wildman–Crippen LogP) is 5.23. The molecule has 35 heavy (non-hydrogen) atoms. The monoisotopic (exact) mass is 474 g/mol. The van der Waals surface area contributed by atoms with Crippen LogP contribution in [0, 0.1) is 13.8 Å². The first-order chi connectivity index (χ1) is 16.7. The lowest BCUT2D eigenvalue weighted by molar-refractivity contribution is 0.209. The van der Waals surface area contributed by atoms with Gasteiger partial charge in [-0.25, -0.2) is 14.5 Å². The van der Waals surface area contributed by atoms with Crippen LogP contribution < -0.4 is 14.5 Å². The van der Waals surface area contributed by atoms with E-state index in [0.29, 0.717) is 12.4 Å². The van der Waals surface area contributed by atoms with Crippen molar-refractivity contribution < 1.29 is 9.53 Å². The highest BCUT2D eigenvalue weighted by Gasteiger charge is 2.36. The summed E-state index contributed by atoms with van der Waals surface area (Å²) < 4.78 is 7.88. The lowest BCUT2D eigenvalue weighted by atomic mass is 10.1. The molecule has 0 spiro atoms. The number of aryl methyl sites for hydroxylation is 2. The molecule has 1 fully saturated rings. The molecule has 2 amide bonds. The summed E-state index contributed by atoms with van der Waals surface area (Å²) in [6, 6.07) is 12.6. The second-order valence-electron chi connectivity index (χ2n) is 9.98. The Morgan fingerprint density at radius 1 is 1.03 bits per heavy atom. The number of nitrogens with zero attached hydrogens (tertiary/aromatic N) is 6. The first-order valence-corrected chi connectivity index (χ1v) is 12.4. The molecule has 0 aliphatic carbocycles. The predicted molar refractivity (Wildman–Crippen MR) is 138 cm³/mol. The van der Waals surface area contributed by atoms with E-state index < -0.39 is 0 Å². The van der Waals surface area contributed by atoms with Crippen molar-refractivity contribution in [1.29, 1.82) is 0 Å². The number of amides is 2. The normalized spacial score (nSPS) is 17.8. The molecule has 0 bridgehead atoms. The average Bonchev–Trinajstić information content (AvgIpc) is 3.50. The molecule has 0 saturated carbocycles. The van der Waals surface area contributed by atoms with Gasteiger partial charge in [-0.15, -0.1) is 0 Å². The van der Waals surface area contributed by atoms with Crippen LogP contribution in [0.15, 0.2) is 42.6 Å². The van der Waals surface area contributed by atoms with Gasteiger partial charge in [0.25, 0.3) is 0 Å². The van der Waals surface area contributed by atoms with Crippen LogP contribution in [0.5, 0.6) is 5.75 Å². The van der Waals surface area contributed by atoms with Gasteiger partial charge in [0.1, 0.15) is 17.7 Å². The number of carbonyl (C=O) groups excluding carboxylic acids is 1. The fraction of sp³-hybridized carbons (Fsp3) is 0.444. The molecule has 2 aromatic heterocycles. The van der Waals surface area contributed by atoms with E-state index in [1.807, 2.05) is 62.5 Å².